The average molecular weight is 460 g/mol. The molecule has 1 aliphatic carbocycles. The molecule has 2 aliphatic rings. The fourth-order valence-corrected chi connectivity index (χ4v) is 5.06. The number of carbonyl (C=O) groups excluding carboxylic acids is 1. The number of hydrogen-bond donors (Lipinski definition) is 2. The van der Waals surface area contributed by atoms with E-state index >= 15 is 0 Å². The lowest BCUT2D eigenvalue weighted by Gasteiger charge is -2.38. The van der Waals surface area contributed by atoms with Gasteiger partial charge in [-0.1, -0.05) is 72.3 Å². The van der Waals surface area contributed by atoms with Gasteiger partial charge in [0.2, 0.25) is 0 Å². The van der Waals surface area contributed by atoms with Crippen molar-refractivity contribution in [1.29, 1.82) is 0 Å². The first kappa shape index (κ1) is 21.2. The van der Waals surface area contributed by atoms with Gasteiger partial charge in [0.15, 0.2) is 0 Å². The second-order valence-electron chi connectivity index (χ2n) is 8.38. The zero-order valence-corrected chi connectivity index (χ0v) is 18.5. The van der Waals surface area contributed by atoms with Gasteiger partial charge in [0.1, 0.15) is 5.02 Å². The number of nitrogens with zero attached hydrogens (tertiary/aromatic N) is 1. The highest BCUT2D eigenvalue weighted by Crippen LogP contribution is 2.51. The molecule has 0 saturated carbocycles. The van der Waals surface area contributed by atoms with Crippen molar-refractivity contribution in [3.8, 4) is 0 Å². The van der Waals surface area contributed by atoms with E-state index in [9.17, 15) is 14.9 Å². The van der Waals surface area contributed by atoms with E-state index in [4.69, 9.17) is 11.6 Å². The van der Waals surface area contributed by atoms with Gasteiger partial charge >= 0.3 is 0 Å². The molecular formula is C26H22ClN3O3. The lowest BCUT2D eigenvalue weighted by atomic mass is 9.76. The van der Waals surface area contributed by atoms with Gasteiger partial charge in [-0.15, -0.1) is 0 Å². The topological polar surface area (TPSA) is 84.3 Å². The van der Waals surface area contributed by atoms with Crippen LogP contribution >= 0.6 is 11.6 Å². The molecule has 33 heavy (non-hydrogen) atoms. The molecule has 0 saturated heterocycles. The summed E-state index contributed by atoms with van der Waals surface area (Å²) in [5, 5.41) is 18.1. The summed E-state index contributed by atoms with van der Waals surface area (Å²) < 4.78 is 0. The summed E-state index contributed by atoms with van der Waals surface area (Å²) in [7, 11) is 0. The summed E-state index contributed by atoms with van der Waals surface area (Å²) in [6.45, 7) is 0.433. The Hall–Kier alpha value is -3.64. The summed E-state index contributed by atoms with van der Waals surface area (Å²) in [5.41, 5.74) is 4.11. The van der Waals surface area contributed by atoms with E-state index in [2.05, 4.69) is 22.8 Å². The van der Waals surface area contributed by atoms with Crippen LogP contribution in [-0.4, -0.2) is 10.8 Å². The van der Waals surface area contributed by atoms with Crippen LogP contribution < -0.4 is 10.6 Å². The van der Waals surface area contributed by atoms with E-state index in [1.165, 1.54) is 0 Å². The molecule has 166 valence electrons. The Bertz CT molecular complexity index is 1260. The largest absolute Gasteiger partial charge is 0.377 e. The predicted octanol–water partition coefficient (Wildman–Crippen LogP) is 6.00. The molecule has 0 aromatic heterocycles. The number of carbonyl (C=O) groups is 1. The van der Waals surface area contributed by atoms with Crippen LogP contribution in [0.2, 0.25) is 5.02 Å². The van der Waals surface area contributed by atoms with Crippen LogP contribution in [0.1, 0.15) is 45.4 Å². The standard InChI is InChI=1S/C26H22ClN3O3/c27-22-13-12-17(14-23(22)30(32)33)24-19-9-4-8-18(19)20-10-5-11-21(25(20)29-24)26(31)28-15-16-6-2-1-3-7-16/h1-8,10-14,18-19,24,29H,9,15H2,(H,28,31). The number of hydrogen-bond acceptors (Lipinski definition) is 4. The summed E-state index contributed by atoms with van der Waals surface area (Å²) in [6.07, 6.45) is 5.17. The van der Waals surface area contributed by atoms with Gasteiger partial charge < -0.3 is 10.6 Å². The van der Waals surface area contributed by atoms with Gasteiger partial charge in [0.25, 0.3) is 11.6 Å². The molecule has 1 amide bonds. The first-order valence-corrected chi connectivity index (χ1v) is 11.2. The van der Waals surface area contributed by atoms with Crippen LogP contribution in [0.25, 0.3) is 0 Å². The zero-order chi connectivity index (χ0) is 22.9. The van der Waals surface area contributed by atoms with Crippen LogP contribution in [-0.2, 0) is 6.54 Å². The molecular weight excluding hydrogens is 438 g/mol. The summed E-state index contributed by atoms with van der Waals surface area (Å²) in [5.74, 6) is 0.160. The maximum absolute atomic E-state index is 13.1. The molecule has 0 radical (unpaired) electrons. The summed E-state index contributed by atoms with van der Waals surface area (Å²) in [6, 6.07) is 20.3. The minimum absolute atomic E-state index is 0.113. The molecule has 2 N–H and O–H groups in total. The molecule has 3 aromatic carbocycles. The quantitative estimate of drug-likeness (QED) is 0.278. The first-order chi connectivity index (χ1) is 16.0. The number of para-hydroxylation sites is 1. The number of nitrogens with one attached hydrogen (secondary N) is 2. The van der Waals surface area contributed by atoms with Gasteiger partial charge in [0, 0.05) is 18.5 Å². The number of halogens is 1. The minimum Gasteiger partial charge on any atom is -0.377 e. The van der Waals surface area contributed by atoms with Crippen molar-refractivity contribution in [2.75, 3.05) is 5.32 Å². The van der Waals surface area contributed by atoms with E-state index in [1.54, 1.807) is 12.1 Å². The third-order valence-corrected chi connectivity index (χ3v) is 6.78. The maximum atomic E-state index is 13.1. The number of fused-ring (bicyclic) bond motifs is 3. The third kappa shape index (κ3) is 3.98. The SMILES string of the molecule is O=C(NCc1ccccc1)c1cccc2c1NC(c1ccc(Cl)c([N+](=O)[O-])c1)C1CC=CC21. The highest BCUT2D eigenvalue weighted by atomic mass is 35.5. The molecule has 0 bridgehead atoms. The summed E-state index contributed by atoms with van der Waals surface area (Å²) >= 11 is 6.05. The Balaban J connectivity index is 1.49. The van der Waals surface area contributed by atoms with Gasteiger partial charge in [0.05, 0.1) is 22.2 Å². The maximum Gasteiger partial charge on any atom is 0.288 e. The smallest absolute Gasteiger partial charge is 0.288 e. The molecule has 3 unspecified atom stereocenters. The van der Waals surface area contributed by atoms with Crippen molar-refractivity contribution in [3.63, 3.8) is 0 Å². The van der Waals surface area contributed by atoms with E-state index in [0.717, 1.165) is 28.8 Å². The van der Waals surface area contributed by atoms with Crippen LogP contribution in [0.15, 0.2) is 78.9 Å². The number of nitro groups is 1. The molecule has 3 aromatic rings. The van der Waals surface area contributed by atoms with Crippen molar-refractivity contribution in [2.45, 2.75) is 24.9 Å². The van der Waals surface area contributed by atoms with E-state index in [0.29, 0.717) is 12.1 Å². The number of rotatable bonds is 5. The van der Waals surface area contributed by atoms with Crippen molar-refractivity contribution in [1.82, 2.24) is 5.32 Å². The molecule has 0 spiro atoms. The van der Waals surface area contributed by atoms with E-state index in [1.807, 2.05) is 54.6 Å². The Morgan fingerprint density at radius 3 is 2.73 bits per heavy atom. The molecule has 7 heteroatoms. The lowest BCUT2D eigenvalue weighted by molar-refractivity contribution is -0.384. The number of anilines is 1. The van der Waals surface area contributed by atoms with Crippen LogP contribution in [0.3, 0.4) is 0 Å². The number of benzene rings is 3. The Kier molecular flexibility index (Phi) is 5.60. The lowest BCUT2D eigenvalue weighted by Crippen LogP contribution is -2.32. The number of allylic oxidation sites excluding steroid dienone is 2. The molecule has 6 nitrogen and oxygen atoms in total. The Morgan fingerprint density at radius 1 is 1.12 bits per heavy atom. The molecule has 5 rings (SSSR count). The highest BCUT2D eigenvalue weighted by Gasteiger charge is 2.39. The van der Waals surface area contributed by atoms with Gasteiger partial charge in [-0.25, -0.2) is 0 Å². The normalized spacial score (nSPS) is 20.5. The van der Waals surface area contributed by atoms with Gasteiger partial charge in [-0.3, -0.25) is 14.9 Å². The molecule has 0 fully saturated rings. The highest BCUT2D eigenvalue weighted by molar-refractivity contribution is 6.32. The number of amides is 1. The Labute approximate surface area is 196 Å². The van der Waals surface area contributed by atoms with Crippen LogP contribution in [0.5, 0.6) is 0 Å². The van der Waals surface area contributed by atoms with Crippen molar-refractivity contribution in [3.05, 3.63) is 116 Å². The first-order valence-electron chi connectivity index (χ1n) is 10.8. The molecule has 1 aliphatic heterocycles. The second kappa shape index (κ2) is 8.71. The third-order valence-electron chi connectivity index (χ3n) is 6.46. The van der Waals surface area contributed by atoms with Gasteiger partial charge in [-0.05, 0) is 41.2 Å². The molecule has 1 heterocycles. The van der Waals surface area contributed by atoms with Crippen molar-refractivity contribution in [2.24, 2.45) is 5.92 Å². The Morgan fingerprint density at radius 2 is 1.94 bits per heavy atom. The van der Waals surface area contributed by atoms with Crippen molar-refractivity contribution < 1.29 is 9.72 Å². The predicted molar refractivity (Wildman–Crippen MR) is 129 cm³/mol. The van der Waals surface area contributed by atoms with Crippen LogP contribution in [0.4, 0.5) is 11.4 Å². The van der Waals surface area contributed by atoms with Crippen LogP contribution in [0, 0.1) is 16.0 Å². The fraction of sp³-hybridized carbons (Fsp3) is 0.192. The minimum atomic E-state index is -0.463. The fourth-order valence-electron chi connectivity index (χ4n) is 4.88. The van der Waals surface area contributed by atoms with E-state index < -0.39 is 4.92 Å². The number of nitro benzene ring substituents is 1. The monoisotopic (exact) mass is 459 g/mol. The summed E-state index contributed by atoms with van der Waals surface area (Å²) in [4.78, 5) is 24.1. The average Bonchev–Trinajstić information content (AvgIpc) is 3.33. The van der Waals surface area contributed by atoms with E-state index in [-0.39, 0.29) is 34.5 Å². The van der Waals surface area contributed by atoms with Crippen molar-refractivity contribution >= 4 is 28.9 Å². The molecule has 3 atom stereocenters. The van der Waals surface area contributed by atoms with Gasteiger partial charge in [-0.2, -0.15) is 0 Å². The zero-order valence-electron chi connectivity index (χ0n) is 17.7. The second-order valence-corrected chi connectivity index (χ2v) is 8.79.